The molecule has 0 bridgehead atoms. The van der Waals surface area contributed by atoms with Crippen molar-refractivity contribution in [1.29, 1.82) is 0 Å². The Balaban J connectivity index is 1.17. The number of nitrogens with zero attached hydrogens (tertiary/aromatic N) is 1. The molecule has 0 atom stereocenters. The molecule has 0 aliphatic heterocycles. The van der Waals surface area contributed by atoms with Crippen LogP contribution in [-0.2, 0) is 0 Å². The number of benzene rings is 7. The summed E-state index contributed by atoms with van der Waals surface area (Å²) < 4.78 is 11.5. The maximum absolute atomic E-state index is 6.38. The van der Waals surface area contributed by atoms with Gasteiger partial charge in [-0.1, -0.05) is 103 Å². The SMILES string of the molecule is c1cc(-c2ccc3c(c2)c2ccccc2n3-c2cccc3sc4ccccc4c23)cc(-c2cccc3c2oc2ccccc23)c1. The molecule has 2 nitrogen and oxygen atoms in total. The van der Waals surface area contributed by atoms with E-state index >= 15 is 0 Å². The molecule has 0 saturated heterocycles. The molecular formula is C42H25NOS. The summed E-state index contributed by atoms with van der Waals surface area (Å²) in [6.07, 6.45) is 0. The van der Waals surface area contributed by atoms with E-state index in [0.29, 0.717) is 0 Å². The molecule has 0 unspecified atom stereocenters. The van der Waals surface area contributed by atoms with Crippen LogP contribution in [0.2, 0.25) is 0 Å². The standard InChI is InChI=1S/C42H25NOS/c1-4-17-35-30(12-1)34-25-27(22-23-36(34)43(35)37-18-9-21-40-41(37)33-14-3-6-20-39(33)45-40)26-10-7-11-28(24-26)29-15-8-16-32-31-13-2-5-19-38(31)44-42(29)32/h1-25H. The predicted octanol–water partition coefficient (Wildman–Crippen LogP) is 12.4. The Morgan fingerprint density at radius 3 is 2.09 bits per heavy atom. The highest BCUT2D eigenvalue weighted by molar-refractivity contribution is 7.25. The molecule has 0 saturated carbocycles. The third-order valence-corrected chi connectivity index (χ3v) is 10.3. The van der Waals surface area contributed by atoms with Gasteiger partial charge in [0.05, 0.1) is 16.7 Å². The first-order valence-electron chi connectivity index (χ1n) is 15.3. The molecule has 3 heteroatoms. The van der Waals surface area contributed by atoms with Gasteiger partial charge in [-0.05, 0) is 65.2 Å². The van der Waals surface area contributed by atoms with Gasteiger partial charge in [0.1, 0.15) is 11.2 Å². The molecule has 0 aliphatic carbocycles. The molecule has 10 aromatic rings. The van der Waals surface area contributed by atoms with Crippen molar-refractivity contribution in [3.63, 3.8) is 0 Å². The third kappa shape index (κ3) is 3.62. The van der Waals surface area contributed by atoms with E-state index in [1.807, 2.05) is 23.5 Å². The van der Waals surface area contributed by atoms with Crippen LogP contribution in [-0.4, -0.2) is 4.57 Å². The first-order chi connectivity index (χ1) is 22.3. The van der Waals surface area contributed by atoms with E-state index in [1.54, 1.807) is 0 Å². The van der Waals surface area contributed by atoms with Crippen molar-refractivity contribution >= 4 is 75.3 Å². The van der Waals surface area contributed by atoms with Crippen LogP contribution in [0.1, 0.15) is 0 Å². The van der Waals surface area contributed by atoms with Crippen molar-refractivity contribution in [2.45, 2.75) is 0 Å². The average Bonchev–Trinajstić information content (AvgIpc) is 3.77. The van der Waals surface area contributed by atoms with Crippen molar-refractivity contribution in [2.24, 2.45) is 0 Å². The van der Waals surface area contributed by atoms with Crippen molar-refractivity contribution in [3.8, 4) is 27.9 Å². The highest BCUT2D eigenvalue weighted by Gasteiger charge is 2.18. The van der Waals surface area contributed by atoms with Crippen LogP contribution < -0.4 is 0 Å². The molecule has 7 aromatic carbocycles. The molecule has 0 radical (unpaired) electrons. The minimum atomic E-state index is 0.920. The highest BCUT2D eigenvalue weighted by atomic mass is 32.1. The Labute approximate surface area is 263 Å². The molecule has 3 aromatic heterocycles. The van der Waals surface area contributed by atoms with E-state index in [0.717, 1.165) is 33.1 Å². The summed E-state index contributed by atoms with van der Waals surface area (Å²) in [5, 5.41) is 7.44. The van der Waals surface area contributed by atoms with Gasteiger partial charge in [-0.2, -0.15) is 0 Å². The van der Waals surface area contributed by atoms with Gasteiger partial charge in [-0.3, -0.25) is 0 Å². The Morgan fingerprint density at radius 1 is 0.444 bits per heavy atom. The molecule has 0 aliphatic rings. The van der Waals surface area contributed by atoms with Gasteiger partial charge in [0.25, 0.3) is 0 Å². The smallest absolute Gasteiger partial charge is 0.143 e. The zero-order chi connectivity index (χ0) is 29.5. The number of furan rings is 1. The normalized spacial score (nSPS) is 12.0. The van der Waals surface area contributed by atoms with Gasteiger partial charge in [0.2, 0.25) is 0 Å². The lowest BCUT2D eigenvalue weighted by Gasteiger charge is -2.11. The van der Waals surface area contributed by atoms with Gasteiger partial charge >= 0.3 is 0 Å². The summed E-state index contributed by atoms with van der Waals surface area (Å²) in [6.45, 7) is 0. The Morgan fingerprint density at radius 2 is 1.13 bits per heavy atom. The molecule has 0 N–H and O–H groups in total. The summed E-state index contributed by atoms with van der Waals surface area (Å²) in [4.78, 5) is 0. The summed E-state index contributed by atoms with van der Waals surface area (Å²) >= 11 is 1.86. The Kier molecular flexibility index (Phi) is 5.19. The van der Waals surface area contributed by atoms with Crippen LogP contribution in [0.5, 0.6) is 0 Å². The summed E-state index contributed by atoms with van der Waals surface area (Å²) in [7, 11) is 0. The number of hydrogen-bond acceptors (Lipinski definition) is 2. The Bertz CT molecular complexity index is 2770. The molecule has 0 amide bonds. The average molecular weight is 592 g/mol. The molecule has 0 fully saturated rings. The van der Waals surface area contributed by atoms with Gasteiger partial charge in [0.15, 0.2) is 0 Å². The first-order valence-corrected chi connectivity index (χ1v) is 16.1. The topological polar surface area (TPSA) is 18.1 Å². The Hall–Kier alpha value is -5.64. The van der Waals surface area contributed by atoms with Crippen LogP contribution in [0.4, 0.5) is 0 Å². The molecule has 3 heterocycles. The van der Waals surface area contributed by atoms with E-state index < -0.39 is 0 Å². The molecule has 10 rings (SSSR count). The quantitative estimate of drug-likeness (QED) is 0.200. The first kappa shape index (κ1) is 24.8. The number of thiophene rings is 1. The minimum Gasteiger partial charge on any atom is -0.455 e. The summed E-state index contributed by atoms with van der Waals surface area (Å²) in [5.41, 5.74) is 10.2. The van der Waals surface area contributed by atoms with Crippen LogP contribution in [0.3, 0.4) is 0 Å². The van der Waals surface area contributed by atoms with Crippen LogP contribution in [0, 0.1) is 0 Å². The lowest BCUT2D eigenvalue weighted by molar-refractivity contribution is 0.670. The largest absolute Gasteiger partial charge is 0.455 e. The number of fused-ring (bicyclic) bond motifs is 9. The summed E-state index contributed by atoms with van der Waals surface area (Å²) in [5.74, 6) is 0. The van der Waals surface area contributed by atoms with E-state index in [9.17, 15) is 0 Å². The highest BCUT2D eigenvalue weighted by Crippen LogP contribution is 2.42. The molecule has 0 spiro atoms. The molecule has 45 heavy (non-hydrogen) atoms. The molecular weight excluding hydrogens is 567 g/mol. The van der Waals surface area contributed by atoms with Crippen LogP contribution in [0.15, 0.2) is 156 Å². The van der Waals surface area contributed by atoms with Gasteiger partial charge in [-0.15, -0.1) is 11.3 Å². The fourth-order valence-corrected chi connectivity index (χ4v) is 8.32. The van der Waals surface area contributed by atoms with Crippen molar-refractivity contribution in [3.05, 3.63) is 152 Å². The van der Waals surface area contributed by atoms with Crippen molar-refractivity contribution < 1.29 is 4.42 Å². The third-order valence-electron chi connectivity index (χ3n) is 9.21. The predicted molar refractivity (Wildman–Crippen MR) is 192 cm³/mol. The lowest BCUT2D eigenvalue weighted by Crippen LogP contribution is -1.94. The van der Waals surface area contributed by atoms with E-state index in [2.05, 4.69) is 144 Å². The number of para-hydroxylation sites is 3. The van der Waals surface area contributed by atoms with E-state index in [4.69, 9.17) is 4.42 Å². The second-order valence-corrected chi connectivity index (χ2v) is 12.8. The molecule has 210 valence electrons. The van der Waals surface area contributed by atoms with Crippen molar-refractivity contribution in [1.82, 2.24) is 4.57 Å². The zero-order valence-electron chi connectivity index (χ0n) is 24.2. The maximum Gasteiger partial charge on any atom is 0.143 e. The summed E-state index contributed by atoms with van der Waals surface area (Å²) in [6, 6.07) is 54.7. The van der Waals surface area contributed by atoms with E-state index in [1.165, 1.54) is 58.8 Å². The fraction of sp³-hybridized carbons (Fsp3) is 0. The van der Waals surface area contributed by atoms with Crippen LogP contribution >= 0.6 is 11.3 Å². The zero-order valence-corrected chi connectivity index (χ0v) is 25.0. The lowest BCUT2D eigenvalue weighted by atomic mass is 9.97. The number of aromatic nitrogens is 1. The fourth-order valence-electron chi connectivity index (χ4n) is 7.20. The monoisotopic (exact) mass is 591 g/mol. The number of rotatable bonds is 3. The maximum atomic E-state index is 6.38. The van der Waals surface area contributed by atoms with Gasteiger partial charge < -0.3 is 8.98 Å². The minimum absolute atomic E-state index is 0.920. The number of hydrogen-bond donors (Lipinski definition) is 0. The van der Waals surface area contributed by atoms with Gasteiger partial charge in [-0.25, -0.2) is 0 Å². The van der Waals surface area contributed by atoms with Crippen molar-refractivity contribution in [2.75, 3.05) is 0 Å². The van der Waals surface area contributed by atoms with Crippen LogP contribution in [0.25, 0.3) is 91.9 Å². The van der Waals surface area contributed by atoms with E-state index in [-0.39, 0.29) is 0 Å². The van der Waals surface area contributed by atoms with Gasteiger partial charge in [0, 0.05) is 47.3 Å². The second-order valence-electron chi connectivity index (χ2n) is 11.7. The second kappa shape index (κ2) is 9.43.